The standard InChI is InChI=1S/C17H19N3O3S/c21-16(15-9-24-12-19-15)20-10-17(11-20)13(4-7-23-17)3-6-22-14-2-1-5-18-8-14/h1-2,5,8-9,12-13H,3-4,6-7,10-11H2/t13-/m0/s1. The molecule has 4 rings (SSSR count). The predicted octanol–water partition coefficient (Wildman–Crippen LogP) is 2.24. The van der Waals surface area contributed by atoms with Crippen LogP contribution >= 0.6 is 11.3 Å². The maximum Gasteiger partial charge on any atom is 0.273 e. The van der Waals surface area contributed by atoms with E-state index in [1.165, 1.54) is 11.3 Å². The molecule has 0 N–H and O–H groups in total. The van der Waals surface area contributed by atoms with Crippen molar-refractivity contribution < 1.29 is 14.3 Å². The number of pyridine rings is 1. The zero-order chi connectivity index (χ0) is 16.4. The smallest absolute Gasteiger partial charge is 0.273 e. The Morgan fingerprint density at radius 3 is 3.17 bits per heavy atom. The van der Waals surface area contributed by atoms with Gasteiger partial charge in [-0.05, 0) is 30.9 Å². The van der Waals surface area contributed by atoms with Crippen molar-refractivity contribution in [1.29, 1.82) is 0 Å². The van der Waals surface area contributed by atoms with Gasteiger partial charge in [-0.1, -0.05) is 0 Å². The van der Waals surface area contributed by atoms with E-state index in [-0.39, 0.29) is 11.5 Å². The maximum atomic E-state index is 12.3. The number of rotatable bonds is 5. The third-order valence-corrected chi connectivity index (χ3v) is 5.41. The Balaban J connectivity index is 1.30. The normalized spacial score (nSPS) is 21.7. The van der Waals surface area contributed by atoms with E-state index < -0.39 is 0 Å². The van der Waals surface area contributed by atoms with Crippen molar-refractivity contribution >= 4 is 17.2 Å². The lowest BCUT2D eigenvalue weighted by atomic mass is 9.79. The van der Waals surface area contributed by atoms with Crippen molar-refractivity contribution in [2.45, 2.75) is 18.4 Å². The van der Waals surface area contributed by atoms with Gasteiger partial charge in [-0.3, -0.25) is 9.78 Å². The molecule has 2 fully saturated rings. The van der Waals surface area contributed by atoms with Crippen LogP contribution in [-0.2, 0) is 4.74 Å². The first-order valence-corrected chi connectivity index (χ1v) is 9.05. The van der Waals surface area contributed by atoms with Gasteiger partial charge in [-0.25, -0.2) is 4.98 Å². The maximum absolute atomic E-state index is 12.3. The fourth-order valence-corrected chi connectivity index (χ4v) is 4.04. The van der Waals surface area contributed by atoms with Gasteiger partial charge < -0.3 is 14.4 Å². The van der Waals surface area contributed by atoms with Crippen molar-refractivity contribution in [1.82, 2.24) is 14.9 Å². The second-order valence-corrected chi connectivity index (χ2v) is 6.98. The second-order valence-electron chi connectivity index (χ2n) is 6.26. The van der Waals surface area contributed by atoms with E-state index in [0.29, 0.717) is 31.3 Å². The van der Waals surface area contributed by atoms with E-state index in [4.69, 9.17) is 9.47 Å². The van der Waals surface area contributed by atoms with Crippen LogP contribution in [-0.4, -0.2) is 52.7 Å². The molecule has 0 saturated carbocycles. The number of nitrogens with zero attached hydrogens (tertiary/aromatic N) is 3. The fraction of sp³-hybridized carbons (Fsp3) is 0.471. The average molecular weight is 345 g/mol. The lowest BCUT2D eigenvalue weighted by Gasteiger charge is -2.50. The summed E-state index contributed by atoms with van der Waals surface area (Å²) in [5.41, 5.74) is 2.03. The van der Waals surface area contributed by atoms with Crippen LogP contribution < -0.4 is 4.74 Å². The summed E-state index contributed by atoms with van der Waals surface area (Å²) in [6, 6.07) is 3.77. The van der Waals surface area contributed by atoms with E-state index in [1.807, 2.05) is 17.0 Å². The van der Waals surface area contributed by atoms with Gasteiger partial charge in [0, 0.05) is 18.2 Å². The van der Waals surface area contributed by atoms with Crippen LogP contribution in [0.5, 0.6) is 5.75 Å². The summed E-state index contributed by atoms with van der Waals surface area (Å²) in [6.45, 7) is 2.71. The van der Waals surface area contributed by atoms with E-state index in [0.717, 1.165) is 25.2 Å². The summed E-state index contributed by atoms with van der Waals surface area (Å²) in [6.07, 6.45) is 5.40. The number of carbonyl (C=O) groups excluding carboxylic acids is 1. The SMILES string of the molecule is O=C(c1cscn1)N1CC2(C1)OCC[C@@H]2CCOc1cccnc1. The minimum Gasteiger partial charge on any atom is -0.492 e. The van der Waals surface area contributed by atoms with Crippen LogP contribution in [0.15, 0.2) is 35.4 Å². The zero-order valence-electron chi connectivity index (χ0n) is 13.3. The second kappa shape index (κ2) is 6.49. The molecule has 126 valence electrons. The number of amides is 1. The van der Waals surface area contributed by atoms with Crippen LogP contribution in [0.25, 0.3) is 0 Å². The molecule has 2 aromatic rings. The first kappa shape index (κ1) is 15.5. The lowest BCUT2D eigenvalue weighted by molar-refractivity contribution is -0.119. The number of likely N-dealkylation sites (tertiary alicyclic amines) is 1. The highest BCUT2D eigenvalue weighted by Gasteiger charge is 2.54. The van der Waals surface area contributed by atoms with Crippen LogP contribution in [0.2, 0.25) is 0 Å². The Kier molecular flexibility index (Phi) is 4.20. The molecule has 0 unspecified atom stereocenters. The van der Waals surface area contributed by atoms with Gasteiger partial charge in [-0.2, -0.15) is 0 Å². The predicted molar refractivity (Wildman–Crippen MR) is 89.2 cm³/mol. The Hall–Kier alpha value is -1.99. The number of hydrogen-bond acceptors (Lipinski definition) is 6. The molecule has 2 aromatic heterocycles. The van der Waals surface area contributed by atoms with Crippen LogP contribution in [0.4, 0.5) is 0 Å². The highest BCUT2D eigenvalue weighted by molar-refractivity contribution is 7.07. The fourth-order valence-electron chi connectivity index (χ4n) is 3.52. The summed E-state index contributed by atoms with van der Waals surface area (Å²) in [7, 11) is 0. The number of thiazole rings is 1. The Morgan fingerprint density at radius 2 is 2.42 bits per heavy atom. The molecule has 2 aliphatic rings. The molecule has 6 nitrogen and oxygen atoms in total. The molecular formula is C17H19N3O3S. The first-order chi connectivity index (χ1) is 11.8. The third-order valence-electron chi connectivity index (χ3n) is 4.82. The molecule has 2 aliphatic heterocycles. The van der Waals surface area contributed by atoms with E-state index in [2.05, 4.69) is 9.97 Å². The number of aromatic nitrogens is 2. The third kappa shape index (κ3) is 2.89. The molecule has 0 aliphatic carbocycles. The van der Waals surface area contributed by atoms with Crippen molar-refractivity contribution in [3.63, 3.8) is 0 Å². The minimum absolute atomic E-state index is 0.00253. The van der Waals surface area contributed by atoms with Gasteiger partial charge in [0.1, 0.15) is 17.0 Å². The number of hydrogen-bond donors (Lipinski definition) is 0. The molecule has 24 heavy (non-hydrogen) atoms. The highest BCUT2D eigenvalue weighted by Crippen LogP contribution is 2.42. The number of ether oxygens (including phenoxy) is 2. The van der Waals surface area contributed by atoms with Gasteiger partial charge in [0.05, 0.1) is 31.4 Å². The van der Waals surface area contributed by atoms with Crippen molar-refractivity contribution in [3.05, 3.63) is 41.1 Å². The Labute approximate surface area is 144 Å². The van der Waals surface area contributed by atoms with Gasteiger partial charge in [0.2, 0.25) is 0 Å². The highest BCUT2D eigenvalue weighted by atomic mass is 32.1. The summed E-state index contributed by atoms with van der Waals surface area (Å²) in [5, 5.41) is 1.79. The van der Waals surface area contributed by atoms with Crippen LogP contribution in [0.1, 0.15) is 23.3 Å². The van der Waals surface area contributed by atoms with Crippen molar-refractivity contribution in [3.8, 4) is 5.75 Å². The average Bonchev–Trinajstić information content (AvgIpc) is 3.24. The quantitative estimate of drug-likeness (QED) is 0.831. The number of carbonyl (C=O) groups is 1. The van der Waals surface area contributed by atoms with Gasteiger partial charge in [0.25, 0.3) is 5.91 Å². The lowest BCUT2D eigenvalue weighted by Crippen LogP contribution is -2.66. The van der Waals surface area contributed by atoms with Gasteiger partial charge in [0.15, 0.2) is 0 Å². The van der Waals surface area contributed by atoms with E-state index >= 15 is 0 Å². The Morgan fingerprint density at radius 1 is 1.50 bits per heavy atom. The molecule has 0 aromatic carbocycles. The largest absolute Gasteiger partial charge is 0.492 e. The van der Waals surface area contributed by atoms with Gasteiger partial charge in [-0.15, -0.1) is 11.3 Å². The molecule has 1 amide bonds. The van der Waals surface area contributed by atoms with Crippen molar-refractivity contribution in [2.24, 2.45) is 5.92 Å². The summed E-state index contributed by atoms with van der Waals surface area (Å²) in [4.78, 5) is 22.3. The molecular weight excluding hydrogens is 326 g/mol. The summed E-state index contributed by atoms with van der Waals surface area (Å²) >= 11 is 1.44. The molecule has 2 saturated heterocycles. The first-order valence-electron chi connectivity index (χ1n) is 8.11. The molecule has 1 atom stereocenters. The molecule has 0 radical (unpaired) electrons. The Bertz CT molecular complexity index is 686. The summed E-state index contributed by atoms with van der Waals surface area (Å²) < 4.78 is 11.8. The van der Waals surface area contributed by atoms with Gasteiger partial charge >= 0.3 is 0 Å². The topological polar surface area (TPSA) is 64.6 Å². The molecule has 0 bridgehead atoms. The summed E-state index contributed by atoms with van der Waals surface area (Å²) in [5.74, 6) is 1.22. The van der Waals surface area contributed by atoms with E-state index in [9.17, 15) is 4.79 Å². The molecule has 7 heteroatoms. The van der Waals surface area contributed by atoms with E-state index in [1.54, 1.807) is 23.3 Å². The van der Waals surface area contributed by atoms with Crippen LogP contribution in [0, 0.1) is 5.92 Å². The molecule has 4 heterocycles. The zero-order valence-corrected chi connectivity index (χ0v) is 14.1. The monoisotopic (exact) mass is 345 g/mol. The molecule has 1 spiro atoms. The minimum atomic E-state index is -0.190. The van der Waals surface area contributed by atoms with Crippen LogP contribution in [0.3, 0.4) is 0 Å². The van der Waals surface area contributed by atoms with Crippen molar-refractivity contribution in [2.75, 3.05) is 26.3 Å².